The lowest BCUT2D eigenvalue weighted by molar-refractivity contribution is -0.153. The van der Waals surface area contributed by atoms with Gasteiger partial charge in [-0.2, -0.15) is 0 Å². The van der Waals surface area contributed by atoms with Crippen molar-refractivity contribution in [1.82, 2.24) is 14.9 Å². The molecule has 1 amide bonds. The smallest absolute Gasteiger partial charge is 0.250 e. The number of nitrogens with one attached hydrogen (secondary N) is 1. The zero-order valence-electron chi connectivity index (χ0n) is 21.6. The molecular weight excluding hydrogens is 516 g/mol. The first-order valence-corrected chi connectivity index (χ1v) is 14.0. The molecule has 3 aromatic rings. The first-order valence-electron chi connectivity index (χ1n) is 12.1. The second kappa shape index (κ2) is 9.12. The highest BCUT2D eigenvalue weighted by Crippen LogP contribution is 2.60. The van der Waals surface area contributed by atoms with Crippen LogP contribution in [0.5, 0.6) is 5.88 Å². The molecule has 1 aromatic carbocycles. The number of fused-ring (bicyclic) bond motifs is 4. The van der Waals surface area contributed by atoms with E-state index in [1.165, 1.54) is 4.90 Å². The van der Waals surface area contributed by atoms with Crippen molar-refractivity contribution in [3.05, 3.63) is 42.2 Å². The van der Waals surface area contributed by atoms with E-state index in [-0.39, 0.29) is 17.5 Å². The molecular formula is C26H29F2N5O4S. The monoisotopic (exact) mass is 545 g/mol. The van der Waals surface area contributed by atoms with Crippen LogP contribution in [0.15, 0.2) is 36.7 Å². The van der Waals surface area contributed by atoms with Crippen LogP contribution in [0, 0.1) is 0 Å². The molecule has 1 fully saturated rings. The van der Waals surface area contributed by atoms with E-state index in [0.29, 0.717) is 39.9 Å². The number of likely N-dealkylation sites (N-methyl/N-ethyl adjacent to an activating group) is 1. The van der Waals surface area contributed by atoms with Crippen molar-refractivity contribution in [2.24, 2.45) is 0 Å². The van der Waals surface area contributed by atoms with Gasteiger partial charge >= 0.3 is 0 Å². The highest BCUT2D eigenvalue weighted by molar-refractivity contribution is 7.92. The molecule has 2 aliphatic rings. The van der Waals surface area contributed by atoms with Gasteiger partial charge in [0.15, 0.2) is 0 Å². The van der Waals surface area contributed by atoms with Crippen molar-refractivity contribution in [2.45, 2.75) is 30.6 Å². The molecule has 202 valence electrons. The number of nitrogens with zero attached hydrogens (tertiary/aromatic N) is 4. The van der Waals surface area contributed by atoms with E-state index in [1.54, 1.807) is 43.7 Å². The normalized spacial score (nSPS) is 17.7. The molecule has 0 saturated heterocycles. The number of amides is 1. The van der Waals surface area contributed by atoms with Gasteiger partial charge in [0.25, 0.3) is 5.92 Å². The minimum absolute atomic E-state index is 0.157. The summed E-state index contributed by atoms with van der Waals surface area (Å²) in [6, 6.07) is 6.97. The molecule has 2 aromatic heterocycles. The van der Waals surface area contributed by atoms with Crippen LogP contribution in [-0.4, -0.2) is 75.7 Å². The van der Waals surface area contributed by atoms with Crippen LogP contribution in [-0.2, 0) is 20.2 Å². The molecule has 0 radical (unpaired) electrons. The number of hydrogen-bond donors (Lipinski definition) is 1. The number of pyridine rings is 2. The Bertz CT molecular complexity index is 1540. The summed E-state index contributed by atoms with van der Waals surface area (Å²) in [4.78, 5) is 25.3. The van der Waals surface area contributed by atoms with Crippen molar-refractivity contribution in [3.8, 4) is 17.0 Å². The summed E-state index contributed by atoms with van der Waals surface area (Å²) in [6.07, 6.45) is 3.82. The Morgan fingerprint density at radius 3 is 2.53 bits per heavy atom. The van der Waals surface area contributed by atoms with Crippen LogP contribution in [0.1, 0.15) is 24.8 Å². The lowest BCUT2D eigenvalue weighted by atomic mass is 9.62. The quantitative estimate of drug-likeness (QED) is 0.431. The van der Waals surface area contributed by atoms with Gasteiger partial charge < -0.3 is 14.5 Å². The van der Waals surface area contributed by atoms with Gasteiger partial charge in [-0.05, 0) is 44.3 Å². The van der Waals surface area contributed by atoms with E-state index in [4.69, 9.17) is 4.74 Å². The molecule has 1 aliphatic carbocycles. The first-order chi connectivity index (χ1) is 17.8. The summed E-state index contributed by atoms with van der Waals surface area (Å²) in [5.41, 5.74) is 1.82. The number of halogens is 2. The Balaban J connectivity index is 1.56. The number of hydrogen-bond acceptors (Lipinski definition) is 7. The molecule has 0 atom stereocenters. The third kappa shape index (κ3) is 4.66. The average Bonchev–Trinajstić information content (AvgIpc) is 3.03. The maximum atomic E-state index is 14.1. The summed E-state index contributed by atoms with van der Waals surface area (Å²) in [7, 11) is 1.85. The summed E-state index contributed by atoms with van der Waals surface area (Å²) in [5.74, 6) is -3.09. The predicted molar refractivity (Wildman–Crippen MR) is 141 cm³/mol. The largest absolute Gasteiger partial charge is 0.476 e. The SMILES string of the molecule is CN(C)CCCOc1ncc(-c2ccc3ncc4c(c3c2)C2(CC(F)(F)C2)C(=O)N4C)cc1NS(C)(=O)=O. The topological polar surface area (TPSA) is 105 Å². The minimum atomic E-state index is -3.62. The highest BCUT2D eigenvalue weighted by Gasteiger charge is 2.66. The van der Waals surface area contributed by atoms with E-state index in [9.17, 15) is 22.0 Å². The van der Waals surface area contributed by atoms with Crippen molar-refractivity contribution in [3.63, 3.8) is 0 Å². The number of ether oxygens (including phenoxy) is 1. The number of sulfonamides is 1. The molecule has 0 bridgehead atoms. The van der Waals surface area contributed by atoms with Crippen molar-refractivity contribution < 1.29 is 26.7 Å². The van der Waals surface area contributed by atoms with E-state index < -0.39 is 34.2 Å². The predicted octanol–water partition coefficient (Wildman–Crippen LogP) is 3.64. The van der Waals surface area contributed by atoms with E-state index in [1.807, 2.05) is 19.0 Å². The summed E-state index contributed by atoms with van der Waals surface area (Å²) in [5, 5.41) is 0.606. The van der Waals surface area contributed by atoms with E-state index in [0.717, 1.165) is 19.2 Å². The van der Waals surface area contributed by atoms with Gasteiger partial charge in [0.2, 0.25) is 21.8 Å². The van der Waals surface area contributed by atoms with Gasteiger partial charge in [0.1, 0.15) is 5.69 Å². The minimum Gasteiger partial charge on any atom is -0.476 e. The maximum absolute atomic E-state index is 14.1. The molecule has 1 aliphatic heterocycles. The number of aromatic nitrogens is 2. The number of rotatable bonds is 8. The van der Waals surface area contributed by atoms with Crippen molar-refractivity contribution in [1.29, 1.82) is 0 Å². The third-order valence-corrected chi connectivity index (χ3v) is 7.58. The van der Waals surface area contributed by atoms with Gasteiger partial charge in [-0.3, -0.25) is 14.5 Å². The molecule has 12 heteroatoms. The number of carbonyl (C=O) groups is 1. The molecule has 1 N–H and O–H groups in total. The van der Waals surface area contributed by atoms with Crippen LogP contribution >= 0.6 is 0 Å². The second-order valence-corrected chi connectivity index (χ2v) is 12.1. The Morgan fingerprint density at radius 2 is 1.87 bits per heavy atom. The number of anilines is 2. The fourth-order valence-corrected chi connectivity index (χ4v) is 5.91. The Morgan fingerprint density at radius 1 is 1.13 bits per heavy atom. The highest BCUT2D eigenvalue weighted by atomic mass is 32.2. The summed E-state index contributed by atoms with van der Waals surface area (Å²) < 4.78 is 60.5. The van der Waals surface area contributed by atoms with Crippen molar-refractivity contribution in [2.75, 3.05) is 50.2 Å². The molecule has 38 heavy (non-hydrogen) atoms. The van der Waals surface area contributed by atoms with Crippen LogP contribution in [0.25, 0.3) is 22.0 Å². The number of benzene rings is 1. The summed E-state index contributed by atoms with van der Waals surface area (Å²) in [6.45, 7) is 1.15. The Hall–Kier alpha value is -3.38. The first kappa shape index (κ1) is 26.2. The molecule has 5 rings (SSSR count). The molecule has 3 heterocycles. The molecule has 0 unspecified atom stereocenters. The van der Waals surface area contributed by atoms with E-state index in [2.05, 4.69) is 14.7 Å². The Labute approximate surface area is 219 Å². The third-order valence-electron chi connectivity index (χ3n) is 6.99. The van der Waals surface area contributed by atoms with E-state index >= 15 is 0 Å². The lowest BCUT2D eigenvalue weighted by Gasteiger charge is -2.43. The van der Waals surface area contributed by atoms with Gasteiger partial charge in [-0.25, -0.2) is 22.2 Å². The van der Waals surface area contributed by atoms with Crippen LogP contribution in [0.3, 0.4) is 0 Å². The fraction of sp³-hybridized carbons (Fsp3) is 0.423. The molecule has 1 saturated carbocycles. The standard InChI is InChI=1S/C26H29F2N5O4S/c1-32(2)8-5-9-37-23-20(31-38(4,35)36)11-17(12-30-23)16-6-7-19-18(10-16)22-21(13-29-19)33(3)24(34)25(22)14-26(27,28)15-25/h6-7,10-13,31H,5,8-9,14-15H2,1-4H3. The number of carbonyl (C=O) groups excluding carboxylic acids is 1. The van der Waals surface area contributed by atoms with Crippen LogP contribution < -0.4 is 14.4 Å². The molecule has 9 nitrogen and oxygen atoms in total. The van der Waals surface area contributed by atoms with Crippen LogP contribution in [0.4, 0.5) is 20.2 Å². The Kier molecular flexibility index (Phi) is 6.30. The van der Waals surface area contributed by atoms with Gasteiger partial charge in [0, 0.05) is 49.1 Å². The lowest BCUT2D eigenvalue weighted by Crippen LogP contribution is -2.54. The molecule has 1 spiro atoms. The summed E-state index contributed by atoms with van der Waals surface area (Å²) >= 11 is 0. The van der Waals surface area contributed by atoms with Gasteiger partial charge in [-0.15, -0.1) is 0 Å². The van der Waals surface area contributed by atoms with Gasteiger partial charge in [-0.1, -0.05) is 6.07 Å². The zero-order chi connectivity index (χ0) is 27.5. The van der Waals surface area contributed by atoms with Gasteiger partial charge in [0.05, 0.1) is 35.7 Å². The second-order valence-electron chi connectivity index (χ2n) is 10.4. The maximum Gasteiger partial charge on any atom is 0.250 e. The zero-order valence-corrected chi connectivity index (χ0v) is 22.4. The van der Waals surface area contributed by atoms with Crippen molar-refractivity contribution >= 4 is 38.2 Å². The fourth-order valence-electron chi connectivity index (χ4n) is 5.36. The average molecular weight is 546 g/mol. The number of alkyl halides is 2. The van der Waals surface area contributed by atoms with Crippen LogP contribution in [0.2, 0.25) is 0 Å².